The number of nitrogens with zero attached hydrogens (tertiary/aromatic N) is 2. The molecule has 5 nitrogen and oxygen atoms in total. The van der Waals surface area contributed by atoms with E-state index in [1.165, 1.54) is 17.3 Å². The quantitative estimate of drug-likeness (QED) is 0.717. The van der Waals surface area contributed by atoms with Crippen molar-refractivity contribution in [3.05, 3.63) is 52.7 Å². The number of rotatable bonds is 7. The van der Waals surface area contributed by atoms with Gasteiger partial charge in [-0.3, -0.25) is 4.79 Å². The lowest BCUT2D eigenvalue weighted by Gasteiger charge is -2.19. The molecule has 0 radical (unpaired) electrons. The number of thioether (sulfide) groups is 1. The fraction of sp³-hybridized carbons (Fsp3) is 0.409. The van der Waals surface area contributed by atoms with Crippen molar-refractivity contribution < 1.29 is 9.53 Å². The number of benzene rings is 1. The minimum absolute atomic E-state index is 0.0354. The van der Waals surface area contributed by atoms with Crippen molar-refractivity contribution in [3.8, 4) is 11.8 Å². The van der Waals surface area contributed by atoms with Crippen molar-refractivity contribution >= 4 is 17.7 Å². The molecule has 0 bridgehead atoms. The molecule has 1 aromatic carbocycles. The summed E-state index contributed by atoms with van der Waals surface area (Å²) in [6.45, 7) is 2.44. The second kappa shape index (κ2) is 9.61. The first-order valence-corrected chi connectivity index (χ1v) is 10.5. The summed E-state index contributed by atoms with van der Waals surface area (Å²) in [6, 6.07) is 11.9. The van der Waals surface area contributed by atoms with E-state index in [-0.39, 0.29) is 11.2 Å². The molecule has 1 aliphatic rings. The van der Waals surface area contributed by atoms with Crippen LogP contribution in [-0.4, -0.2) is 23.3 Å². The van der Waals surface area contributed by atoms with E-state index in [4.69, 9.17) is 9.72 Å². The molecule has 0 spiro atoms. The monoisotopic (exact) mass is 395 g/mol. The first-order valence-electron chi connectivity index (χ1n) is 9.64. The topological polar surface area (TPSA) is 75.0 Å². The van der Waals surface area contributed by atoms with E-state index < -0.39 is 0 Å². The molecular formula is C22H25N3O2S. The van der Waals surface area contributed by atoms with Crippen LogP contribution in [0, 0.1) is 11.3 Å². The Bertz CT molecular complexity index is 875. The molecule has 1 aliphatic carbocycles. The van der Waals surface area contributed by atoms with Gasteiger partial charge in [-0.25, -0.2) is 4.98 Å². The van der Waals surface area contributed by atoms with Crippen LogP contribution in [0.2, 0.25) is 0 Å². The van der Waals surface area contributed by atoms with Crippen LogP contribution in [0.1, 0.15) is 48.6 Å². The number of methoxy groups -OCH3 is 1. The number of hydrogen-bond acceptors (Lipinski definition) is 5. The number of nitrogens with one attached hydrogen (secondary N) is 1. The van der Waals surface area contributed by atoms with Gasteiger partial charge in [-0.15, -0.1) is 0 Å². The summed E-state index contributed by atoms with van der Waals surface area (Å²) < 4.78 is 5.15. The van der Waals surface area contributed by atoms with Crippen molar-refractivity contribution in [1.82, 2.24) is 10.3 Å². The smallest absolute Gasteiger partial charge is 0.233 e. The van der Waals surface area contributed by atoms with Crippen LogP contribution in [-0.2, 0) is 24.2 Å². The summed E-state index contributed by atoms with van der Waals surface area (Å²) in [5.74, 6) is 0.756. The molecule has 1 unspecified atom stereocenters. The predicted octanol–water partition coefficient (Wildman–Crippen LogP) is 4.03. The van der Waals surface area contributed by atoms with Crippen molar-refractivity contribution in [2.24, 2.45) is 0 Å². The highest BCUT2D eigenvalue weighted by Crippen LogP contribution is 2.31. The van der Waals surface area contributed by atoms with Gasteiger partial charge in [0.25, 0.3) is 0 Å². The van der Waals surface area contributed by atoms with Gasteiger partial charge < -0.3 is 10.1 Å². The summed E-state index contributed by atoms with van der Waals surface area (Å²) in [4.78, 5) is 17.4. The number of carbonyl (C=O) groups is 1. The number of pyridine rings is 1. The van der Waals surface area contributed by atoms with Crippen molar-refractivity contribution in [3.63, 3.8) is 0 Å². The third kappa shape index (κ3) is 4.85. The minimum Gasteiger partial charge on any atom is -0.497 e. The number of amides is 1. The Balaban J connectivity index is 1.67. The van der Waals surface area contributed by atoms with E-state index in [9.17, 15) is 10.1 Å². The van der Waals surface area contributed by atoms with Gasteiger partial charge in [0.2, 0.25) is 5.91 Å². The average Bonchev–Trinajstić information content (AvgIpc) is 2.75. The lowest BCUT2D eigenvalue weighted by Crippen LogP contribution is -2.32. The average molecular weight is 396 g/mol. The molecule has 2 aromatic rings. The number of carbonyl (C=O) groups excluding carboxylic acids is 1. The molecule has 3 rings (SSSR count). The van der Waals surface area contributed by atoms with Crippen LogP contribution >= 0.6 is 11.8 Å². The number of ether oxygens (including phenoxy) is 1. The Kier molecular flexibility index (Phi) is 6.94. The Morgan fingerprint density at radius 2 is 2.07 bits per heavy atom. The Labute approximate surface area is 170 Å². The molecule has 28 heavy (non-hydrogen) atoms. The third-order valence-corrected chi connectivity index (χ3v) is 6.30. The maximum atomic E-state index is 12.7. The van der Waals surface area contributed by atoms with Crippen LogP contribution in [0.5, 0.6) is 5.75 Å². The van der Waals surface area contributed by atoms with Gasteiger partial charge in [-0.1, -0.05) is 30.8 Å². The Hall–Kier alpha value is -2.52. The zero-order chi connectivity index (χ0) is 19.9. The fourth-order valence-electron chi connectivity index (χ4n) is 3.29. The third-order valence-electron chi connectivity index (χ3n) is 4.93. The normalized spacial score (nSPS) is 13.9. The van der Waals surface area contributed by atoms with Gasteiger partial charge in [0.15, 0.2) is 0 Å². The van der Waals surface area contributed by atoms with Crippen LogP contribution in [0.3, 0.4) is 0 Å². The molecule has 146 valence electrons. The number of hydrogen-bond donors (Lipinski definition) is 1. The molecular weight excluding hydrogens is 370 g/mol. The first kappa shape index (κ1) is 20.2. The standard InChI is InChI=1S/C22H25N3O2S/c1-3-20(21(26)24-14-15-8-10-18(27-2)11-9-15)28-22-17(13-23)12-16-6-4-5-7-19(16)25-22/h8-12,20H,3-7,14H2,1-2H3,(H,24,26). The van der Waals surface area contributed by atoms with E-state index in [1.54, 1.807) is 7.11 Å². The lowest BCUT2D eigenvalue weighted by molar-refractivity contribution is -0.120. The van der Waals surface area contributed by atoms with Crippen LogP contribution < -0.4 is 10.1 Å². The molecule has 6 heteroatoms. The molecule has 1 aromatic heterocycles. The second-order valence-corrected chi connectivity index (χ2v) is 8.04. The van der Waals surface area contributed by atoms with E-state index in [1.807, 2.05) is 37.3 Å². The van der Waals surface area contributed by atoms with Gasteiger partial charge in [0, 0.05) is 12.2 Å². The minimum atomic E-state index is -0.278. The van der Waals surface area contributed by atoms with Crippen LogP contribution in [0.4, 0.5) is 0 Å². The molecule has 1 amide bonds. The van der Waals surface area contributed by atoms with Crippen LogP contribution in [0.15, 0.2) is 35.4 Å². The summed E-state index contributed by atoms with van der Waals surface area (Å²) in [7, 11) is 1.63. The predicted molar refractivity (Wildman–Crippen MR) is 110 cm³/mol. The van der Waals surface area contributed by atoms with Crippen molar-refractivity contribution in [2.75, 3.05) is 7.11 Å². The maximum absolute atomic E-state index is 12.7. The van der Waals surface area contributed by atoms with Gasteiger partial charge >= 0.3 is 0 Å². The maximum Gasteiger partial charge on any atom is 0.233 e. The van der Waals surface area contributed by atoms with Gasteiger partial charge in [-0.2, -0.15) is 5.26 Å². The SMILES string of the molecule is CCC(Sc1nc2c(cc1C#N)CCCC2)C(=O)NCc1ccc(OC)cc1. The summed E-state index contributed by atoms with van der Waals surface area (Å²) >= 11 is 1.40. The molecule has 1 atom stereocenters. The molecule has 0 saturated carbocycles. The van der Waals surface area contributed by atoms with Crippen molar-refractivity contribution in [2.45, 2.75) is 55.8 Å². The number of fused-ring (bicyclic) bond motifs is 1. The highest BCUT2D eigenvalue weighted by atomic mass is 32.2. The molecule has 1 heterocycles. The zero-order valence-corrected chi connectivity index (χ0v) is 17.1. The number of nitriles is 1. The second-order valence-electron chi connectivity index (χ2n) is 6.85. The summed E-state index contributed by atoms with van der Waals surface area (Å²) in [5.41, 5.74) is 3.86. The lowest BCUT2D eigenvalue weighted by atomic mass is 9.95. The first-order chi connectivity index (χ1) is 13.6. The van der Waals surface area contributed by atoms with E-state index in [0.717, 1.165) is 42.7 Å². The summed E-state index contributed by atoms with van der Waals surface area (Å²) in [6.07, 6.45) is 4.90. The van der Waals surface area contributed by atoms with Gasteiger partial charge in [0.1, 0.15) is 16.8 Å². The fourth-order valence-corrected chi connectivity index (χ4v) is 4.31. The van der Waals surface area contributed by atoms with E-state index >= 15 is 0 Å². The Morgan fingerprint density at radius 3 is 2.75 bits per heavy atom. The number of aromatic nitrogens is 1. The molecule has 0 aliphatic heterocycles. The van der Waals surface area contributed by atoms with Gasteiger partial charge in [-0.05, 0) is 61.4 Å². The highest BCUT2D eigenvalue weighted by Gasteiger charge is 2.22. The van der Waals surface area contributed by atoms with E-state index in [0.29, 0.717) is 23.6 Å². The number of aryl methyl sites for hydroxylation is 2. The van der Waals surface area contributed by atoms with Crippen molar-refractivity contribution in [1.29, 1.82) is 5.26 Å². The summed E-state index contributed by atoms with van der Waals surface area (Å²) in [5, 5.41) is 12.9. The highest BCUT2D eigenvalue weighted by molar-refractivity contribution is 8.00. The van der Waals surface area contributed by atoms with Crippen LogP contribution in [0.25, 0.3) is 0 Å². The molecule has 0 saturated heterocycles. The zero-order valence-electron chi connectivity index (χ0n) is 16.3. The van der Waals surface area contributed by atoms with Gasteiger partial charge in [0.05, 0.1) is 17.9 Å². The largest absolute Gasteiger partial charge is 0.497 e. The molecule has 1 N–H and O–H groups in total. The van der Waals surface area contributed by atoms with E-state index in [2.05, 4.69) is 11.4 Å². The Morgan fingerprint density at radius 1 is 1.32 bits per heavy atom. The molecule has 0 fully saturated rings.